The molecule has 1 heterocycles. The highest BCUT2D eigenvalue weighted by atomic mass is 35.5. The van der Waals surface area contributed by atoms with Crippen molar-refractivity contribution < 1.29 is 23.8 Å². The van der Waals surface area contributed by atoms with Crippen LogP contribution in [-0.2, 0) is 9.47 Å². The number of thiocarbonyl (C=S) groups is 1. The maximum absolute atomic E-state index is 12.7. The Balaban J connectivity index is 1.82. The van der Waals surface area contributed by atoms with E-state index >= 15 is 0 Å². The van der Waals surface area contributed by atoms with Crippen LogP contribution < -0.4 is 20.3 Å². The van der Waals surface area contributed by atoms with E-state index < -0.39 is 11.9 Å². The minimum Gasteiger partial charge on any atom is -0.496 e. The molecule has 2 N–H and O–H groups in total. The number of benzene rings is 2. The number of halogens is 1. The van der Waals surface area contributed by atoms with Crippen molar-refractivity contribution in [3.05, 3.63) is 52.5 Å². The number of carbonyl (C=O) groups excluding carboxylic acids is 2. The minimum atomic E-state index is -0.478. The number of esters is 1. The van der Waals surface area contributed by atoms with Crippen molar-refractivity contribution in [1.29, 1.82) is 0 Å². The maximum Gasteiger partial charge on any atom is 0.337 e. The van der Waals surface area contributed by atoms with E-state index in [-0.39, 0.29) is 10.7 Å². The molecule has 0 aromatic heterocycles. The number of ether oxygens (including phenoxy) is 3. The summed E-state index contributed by atoms with van der Waals surface area (Å²) in [6.45, 7) is 2.55. The first-order chi connectivity index (χ1) is 14.9. The van der Waals surface area contributed by atoms with Gasteiger partial charge in [0.25, 0.3) is 5.91 Å². The summed E-state index contributed by atoms with van der Waals surface area (Å²) < 4.78 is 15.4. The summed E-state index contributed by atoms with van der Waals surface area (Å²) in [5.74, 6) is -0.588. The van der Waals surface area contributed by atoms with Crippen LogP contribution in [0.2, 0.25) is 5.02 Å². The lowest BCUT2D eigenvalue weighted by Gasteiger charge is -2.31. The van der Waals surface area contributed by atoms with Gasteiger partial charge in [0.05, 0.1) is 49.9 Å². The Morgan fingerprint density at radius 1 is 1.13 bits per heavy atom. The predicted molar refractivity (Wildman–Crippen MR) is 123 cm³/mol. The van der Waals surface area contributed by atoms with Gasteiger partial charge in [-0.3, -0.25) is 10.1 Å². The Morgan fingerprint density at radius 3 is 2.55 bits per heavy atom. The van der Waals surface area contributed by atoms with E-state index in [1.807, 2.05) is 6.07 Å². The summed E-state index contributed by atoms with van der Waals surface area (Å²) in [4.78, 5) is 26.8. The highest BCUT2D eigenvalue weighted by Gasteiger charge is 2.19. The molecule has 1 aliphatic rings. The zero-order chi connectivity index (χ0) is 22.4. The highest BCUT2D eigenvalue weighted by Crippen LogP contribution is 2.29. The molecule has 164 valence electrons. The van der Waals surface area contributed by atoms with Crippen LogP contribution in [0.15, 0.2) is 36.4 Å². The number of hydrogen-bond donors (Lipinski definition) is 2. The van der Waals surface area contributed by atoms with Crippen molar-refractivity contribution in [2.75, 3.05) is 50.7 Å². The van der Waals surface area contributed by atoms with Gasteiger partial charge in [-0.2, -0.15) is 0 Å². The van der Waals surface area contributed by atoms with Crippen molar-refractivity contribution in [2.24, 2.45) is 0 Å². The van der Waals surface area contributed by atoms with E-state index in [4.69, 9.17) is 38.0 Å². The third-order valence-electron chi connectivity index (χ3n) is 4.65. The molecule has 3 rings (SSSR count). The summed E-state index contributed by atoms with van der Waals surface area (Å²) in [6, 6.07) is 9.85. The third kappa shape index (κ3) is 5.63. The van der Waals surface area contributed by atoms with E-state index in [1.54, 1.807) is 24.3 Å². The van der Waals surface area contributed by atoms with Crippen molar-refractivity contribution in [2.45, 2.75) is 0 Å². The standard InChI is InChI=1S/C21H22ClN3O5S/c1-28-18-6-4-14(22)12-15(18)19(26)24-21(31)23-16-11-13(20(27)29-2)3-5-17(16)25-7-9-30-10-8-25/h3-6,11-12H,7-10H2,1-2H3,(H2,23,24,26,31). The van der Waals surface area contributed by atoms with E-state index in [2.05, 4.69) is 15.5 Å². The summed E-state index contributed by atoms with van der Waals surface area (Å²) in [7, 11) is 2.78. The fraction of sp³-hybridized carbons (Fsp3) is 0.286. The second-order valence-corrected chi connectivity index (χ2v) is 7.42. The third-order valence-corrected chi connectivity index (χ3v) is 5.09. The fourth-order valence-electron chi connectivity index (χ4n) is 3.14. The largest absolute Gasteiger partial charge is 0.496 e. The molecule has 1 aliphatic heterocycles. The van der Waals surface area contributed by atoms with Gasteiger partial charge in [0.15, 0.2) is 5.11 Å². The SMILES string of the molecule is COC(=O)c1ccc(N2CCOCC2)c(NC(=S)NC(=O)c2cc(Cl)ccc2OC)c1. The molecule has 0 radical (unpaired) electrons. The molecule has 0 spiro atoms. The summed E-state index contributed by atoms with van der Waals surface area (Å²) in [5, 5.41) is 6.09. The van der Waals surface area contributed by atoms with Crippen LogP contribution in [0.3, 0.4) is 0 Å². The van der Waals surface area contributed by atoms with Gasteiger partial charge in [-0.15, -0.1) is 0 Å². The highest BCUT2D eigenvalue weighted by molar-refractivity contribution is 7.80. The Morgan fingerprint density at radius 2 is 1.87 bits per heavy atom. The average molecular weight is 464 g/mol. The smallest absolute Gasteiger partial charge is 0.337 e. The molecule has 10 heteroatoms. The van der Waals surface area contributed by atoms with Crippen molar-refractivity contribution in [1.82, 2.24) is 5.32 Å². The van der Waals surface area contributed by atoms with Crippen molar-refractivity contribution in [3.8, 4) is 5.75 Å². The zero-order valence-electron chi connectivity index (χ0n) is 17.1. The normalized spacial score (nSPS) is 13.3. The van der Waals surface area contributed by atoms with Crippen LogP contribution in [0.4, 0.5) is 11.4 Å². The van der Waals surface area contributed by atoms with Gasteiger partial charge in [-0.1, -0.05) is 11.6 Å². The summed E-state index contributed by atoms with van der Waals surface area (Å²) in [6.07, 6.45) is 0. The van der Waals surface area contributed by atoms with Crippen molar-refractivity contribution >= 4 is 52.2 Å². The van der Waals surface area contributed by atoms with Crippen LogP contribution >= 0.6 is 23.8 Å². The molecular weight excluding hydrogens is 442 g/mol. The molecule has 31 heavy (non-hydrogen) atoms. The fourth-order valence-corrected chi connectivity index (χ4v) is 3.52. The molecule has 0 aliphatic carbocycles. The number of rotatable bonds is 5. The van der Waals surface area contributed by atoms with Gasteiger partial charge in [0.1, 0.15) is 5.75 Å². The van der Waals surface area contributed by atoms with Gasteiger partial charge in [0.2, 0.25) is 0 Å². The summed E-state index contributed by atoms with van der Waals surface area (Å²) in [5.41, 5.74) is 1.99. The van der Waals surface area contributed by atoms with Crippen LogP contribution in [-0.4, -0.2) is 57.5 Å². The van der Waals surface area contributed by atoms with Gasteiger partial charge in [-0.05, 0) is 48.6 Å². The monoisotopic (exact) mass is 463 g/mol. The molecule has 1 amide bonds. The number of nitrogens with zero attached hydrogens (tertiary/aromatic N) is 1. The van der Waals surface area contributed by atoms with E-state index in [9.17, 15) is 9.59 Å². The first-order valence-electron chi connectivity index (χ1n) is 9.44. The van der Waals surface area contributed by atoms with Crippen molar-refractivity contribution in [3.63, 3.8) is 0 Å². The van der Waals surface area contributed by atoms with Gasteiger partial charge < -0.3 is 24.4 Å². The van der Waals surface area contributed by atoms with Gasteiger partial charge in [0, 0.05) is 18.1 Å². The Kier molecular flexibility index (Phi) is 7.67. The van der Waals surface area contributed by atoms with E-state index in [1.165, 1.54) is 20.3 Å². The van der Waals surface area contributed by atoms with E-state index in [0.29, 0.717) is 48.3 Å². The number of morpholine rings is 1. The number of carbonyl (C=O) groups is 2. The van der Waals surface area contributed by atoms with Gasteiger partial charge >= 0.3 is 5.97 Å². The lowest BCUT2D eigenvalue weighted by atomic mass is 10.1. The zero-order valence-corrected chi connectivity index (χ0v) is 18.6. The molecule has 1 fully saturated rings. The second-order valence-electron chi connectivity index (χ2n) is 6.58. The quantitative estimate of drug-likeness (QED) is 0.516. The second kappa shape index (κ2) is 10.4. The molecule has 8 nitrogen and oxygen atoms in total. The number of methoxy groups -OCH3 is 2. The number of nitrogens with one attached hydrogen (secondary N) is 2. The molecule has 0 saturated carbocycles. The van der Waals surface area contributed by atoms with Gasteiger partial charge in [-0.25, -0.2) is 4.79 Å². The van der Waals surface area contributed by atoms with Crippen LogP contribution in [0.25, 0.3) is 0 Å². The molecule has 2 aromatic rings. The van der Waals surface area contributed by atoms with Crippen LogP contribution in [0.5, 0.6) is 5.75 Å². The number of hydrogen-bond acceptors (Lipinski definition) is 7. The van der Waals surface area contributed by atoms with E-state index in [0.717, 1.165) is 5.69 Å². The maximum atomic E-state index is 12.7. The number of anilines is 2. The lowest BCUT2D eigenvalue weighted by molar-refractivity contribution is 0.0600. The Hall–Kier alpha value is -2.88. The van der Waals surface area contributed by atoms with Crippen LogP contribution in [0, 0.1) is 0 Å². The van der Waals surface area contributed by atoms with Crippen LogP contribution in [0.1, 0.15) is 20.7 Å². The Bertz CT molecular complexity index is 995. The molecule has 0 atom stereocenters. The molecular formula is C21H22ClN3O5S. The molecule has 0 unspecified atom stereocenters. The lowest BCUT2D eigenvalue weighted by Crippen LogP contribution is -2.38. The topological polar surface area (TPSA) is 89.1 Å². The first kappa shape index (κ1) is 22.8. The average Bonchev–Trinajstić information content (AvgIpc) is 2.78. The minimum absolute atomic E-state index is 0.0588. The summed E-state index contributed by atoms with van der Waals surface area (Å²) >= 11 is 11.4. The molecule has 2 aromatic carbocycles. The molecule has 1 saturated heterocycles. The molecule has 0 bridgehead atoms. The predicted octanol–water partition coefficient (Wildman–Crippen LogP) is 3.10. The number of amides is 1. The Labute approximate surface area is 190 Å². The first-order valence-corrected chi connectivity index (χ1v) is 10.2.